The Balaban J connectivity index is 1.85. The highest BCUT2D eigenvalue weighted by molar-refractivity contribution is 5.92. The summed E-state index contributed by atoms with van der Waals surface area (Å²) in [6.07, 6.45) is -7.08. The van der Waals surface area contributed by atoms with Gasteiger partial charge in [0, 0.05) is 19.1 Å². The first kappa shape index (κ1) is 20.4. The van der Waals surface area contributed by atoms with Crippen LogP contribution < -0.4 is 0 Å². The fourth-order valence-electron chi connectivity index (χ4n) is 3.41. The maximum absolute atomic E-state index is 12.1. The summed E-state index contributed by atoms with van der Waals surface area (Å²) in [6.45, 7) is 1.37. The summed E-state index contributed by atoms with van der Waals surface area (Å²) < 4.78 is 27.0. The molecule has 1 saturated heterocycles. The number of aliphatic hydroxyl groups is 4. The third-order valence-corrected chi connectivity index (χ3v) is 4.85. The average molecular weight is 388 g/mol. The summed E-state index contributed by atoms with van der Waals surface area (Å²) >= 11 is 0. The van der Waals surface area contributed by atoms with Crippen LogP contribution in [0.5, 0.6) is 0 Å². The van der Waals surface area contributed by atoms with Gasteiger partial charge < -0.3 is 44.1 Å². The van der Waals surface area contributed by atoms with E-state index in [1.165, 1.54) is 7.11 Å². The lowest BCUT2D eigenvalue weighted by Crippen LogP contribution is -2.60. The van der Waals surface area contributed by atoms with Crippen LogP contribution in [0.25, 0.3) is 0 Å². The van der Waals surface area contributed by atoms with Crippen molar-refractivity contribution in [1.82, 2.24) is 0 Å². The first-order valence-corrected chi connectivity index (χ1v) is 8.63. The molecule has 27 heavy (non-hydrogen) atoms. The first-order valence-electron chi connectivity index (χ1n) is 8.63. The molecule has 3 aliphatic heterocycles. The maximum atomic E-state index is 12.1. The van der Waals surface area contributed by atoms with Crippen LogP contribution in [0.15, 0.2) is 22.8 Å². The molecule has 0 bridgehead atoms. The van der Waals surface area contributed by atoms with Crippen molar-refractivity contribution in [3.8, 4) is 0 Å². The van der Waals surface area contributed by atoms with Crippen LogP contribution >= 0.6 is 0 Å². The zero-order valence-electron chi connectivity index (χ0n) is 15.0. The van der Waals surface area contributed by atoms with Crippen LogP contribution in [-0.4, -0.2) is 90.0 Å². The van der Waals surface area contributed by atoms with Crippen molar-refractivity contribution in [2.24, 2.45) is 0 Å². The Kier molecular flexibility index (Phi) is 6.28. The molecule has 0 saturated carbocycles. The first-order chi connectivity index (χ1) is 12.9. The van der Waals surface area contributed by atoms with Gasteiger partial charge in [-0.05, 0) is 12.5 Å². The predicted molar refractivity (Wildman–Crippen MR) is 86.9 cm³/mol. The lowest BCUT2D eigenvalue weighted by molar-refractivity contribution is -0.343. The van der Waals surface area contributed by atoms with Gasteiger partial charge in [-0.2, -0.15) is 0 Å². The second-order valence-electron chi connectivity index (χ2n) is 6.39. The van der Waals surface area contributed by atoms with Gasteiger partial charge in [-0.25, -0.2) is 4.79 Å². The molecule has 0 radical (unpaired) electrons. The van der Waals surface area contributed by atoms with Crippen LogP contribution in [0.3, 0.4) is 0 Å². The molecule has 0 aromatic rings. The molecule has 4 N–H and O–H groups in total. The molecule has 7 unspecified atom stereocenters. The number of hydrogen-bond acceptors (Lipinski definition) is 10. The topological polar surface area (TPSA) is 144 Å². The quantitative estimate of drug-likeness (QED) is 0.412. The van der Waals surface area contributed by atoms with Crippen molar-refractivity contribution in [3.05, 3.63) is 22.8 Å². The normalized spacial score (nSPS) is 41.5. The number of carbonyl (C=O) groups is 1. The zero-order valence-corrected chi connectivity index (χ0v) is 15.0. The molecule has 0 aromatic heterocycles. The van der Waals surface area contributed by atoms with E-state index in [9.17, 15) is 25.2 Å². The summed E-state index contributed by atoms with van der Waals surface area (Å²) in [4.78, 5) is 12.1. The summed E-state index contributed by atoms with van der Waals surface area (Å²) in [6, 6.07) is 0. The number of allylic oxidation sites excluding steroid dienone is 1. The van der Waals surface area contributed by atoms with Gasteiger partial charge in [-0.1, -0.05) is 6.08 Å². The number of methoxy groups -OCH3 is 1. The highest BCUT2D eigenvalue weighted by Crippen LogP contribution is 2.37. The number of cyclic esters (lactones) is 1. The van der Waals surface area contributed by atoms with Gasteiger partial charge >= 0.3 is 5.97 Å². The van der Waals surface area contributed by atoms with Gasteiger partial charge in [0.2, 0.25) is 0 Å². The molecule has 10 heteroatoms. The second-order valence-corrected chi connectivity index (χ2v) is 6.39. The van der Waals surface area contributed by atoms with E-state index < -0.39 is 55.9 Å². The minimum absolute atomic E-state index is 0.207. The summed E-state index contributed by atoms with van der Waals surface area (Å²) in [7, 11) is 1.36. The van der Waals surface area contributed by atoms with E-state index in [-0.39, 0.29) is 12.2 Å². The number of ether oxygens (including phenoxy) is 5. The van der Waals surface area contributed by atoms with Crippen molar-refractivity contribution < 1.29 is 48.9 Å². The third kappa shape index (κ3) is 3.67. The Morgan fingerprint density at radius 2 is 1.89 bits per heavy atom. The van der Waals surface area contributed by atoms with E-state index in [0.29, 0.717) is 17.6 Å². The van der Waals surface area contributed by atoms with E-state index in [1.54, 1.807) is 13.0 Å². The molecule has 0 aliphatic carbocycles. The predicted octanol–water partition coefficient (Wildman–Crippen LogP) is -1.68. The molecule has 3 heterocycles. The van der Waals surface area contributed by atoms with E-state index in [0.717, 1.165) is 0 Å². The monoisotopic (exact) mass is 388 g/mol. The molecule has 152 valence electrons. The molecule has 0 spiro atoms. The molecule has 10 nitrogen and oxygen atoms in total. The van der Waals surface area contributed by atoms with Crippen molar-refractivity contribution in [3.63, 3.8) is 0 Å². The van der Waals surface area contributed by atoms with Crippen LogP contribution in [0.2, 0.25) is 0 Å². The van der Waals surface area contributed by atoms with Crippen molar-refractivity contribution in [1.29, 1.82) is 0 Å². The van der Waals surface area contributed by atoms with E-state index in [1.807, 2.05) is 0 Å². The molecule has 7 atom stereocenters. The lowest BCUT2D eigenvalue weighted by atomic mass is 9.92. The van der Waals surface area contributed by atoms with Crippen molar-refractivity contribution in [2.75, 3.05) is 20.3 Å². The summed E-state index contributed by atoms with van der Waals surface area (Å²) in [5, 5.41) is 39.3. The second kappa shape index (κ2) is 8.33. The largest absolute Gasteiger partial charge is 0.462 e. The highest BCUT2D eigenvalue weighted by atomic mass is 16.8. The zero-order chi connectivity index (χ0) is 19.7. The fourth-order valence-corrected chi connectivity index (χ4v) is 3.41. The van der Waals surface area contributed by atoms with E-state index in [2.05, 4.69) is 0 Å². The van der Waals surface area contributed by atoms with Crippen LogP contribution in [-0.2, 0) is 28.5 Å². The Morgan fingerprint density at radius 3 is 2.52 bits per heavy atom. The Hall–Kier alpha value is -1.37. The Morgan fingerprint density at radius 1 is 1.15 bits per heavy atom. The number of rotatable bonds is 4. The lowest BCUT2D eigenvalue weighted by Gasteiger charge is -2.43. The number of hydrogen-bond donors (Lipinski definition) is 4. The van der Waals surface area contributed by atoms with Crippen molar-refractivity contribution >= 4 is 5.97 Å². The standard InChI is InChI=1S/C17H24O10/c1-3-7-8-4-5-24-14(22)10(8)16(23-2)26-15(7)27-17-13(21)12(20)11(19)9(6-18)25-17/h3,9,11-13,15-21H,4-6H2,1-2H3. The molecule has 1 fully saturated rings. The van der Waals surface area contributed by atoms with Gasteiger partial charge in [0.25, 0.3) is 0 Å². The minimum atomic E-state index is -1.57. The number of carbonyl (C=O) groups excluding carboxylic acids is 1. The van der Waals surface area contributed by atoms with Crippen LogP contribution in [0, 0.1) is 0 Å². The Bertz CT molecular complexity index is 627. The maximum Gasteiger partial charge on any atom is 0.339 e. The Labute approximate surface area is 155 Å². The summed E-state index contributed by atoms with van der Waals surface area (Å²) in [5.41, 5.74) is 1.47. The summed E-state index contributed by atoms with van der Waals surface area (Å²) in [5.74, 6) is -0.534. The average Bonchev–Trinajstić information content (AvgIpc) is 2.67. The minimum Gasteiger partial charge on any atom is -0.462 e. The molecule has 3 aliphatic rings. The highest BCUT2D eigenvalue weighted by Gasteiger charge is 2.47. The van der Waals surface area contributed by atoms with Crippen LogP contribution in [0.1, 0.15) is 13.3 Å². The molecular formula is C17H24O10. The smallest absolute Gasteiger partial charge is 0.339 e. The fraction of sp³-hybridized carbons (Fsp3) is 0.706. The van der Waals surface area contributed by atoms with E-state index >= 15 is 0 Å². The third-order valence-electron chi connectivity index (χ3n) is 4.85. The van der Waals surface area contributed by atoms with Crippen LogP contribution in [0.4, 0.5) is 0 Å². The van der Waals surface area contributed by atoms with Gasteiger partial charge in [-0.15, -0.1) is 0 Å². The van der Waals surface area contributed by atoms with Crippen molar-refractivity contribution in [2.45, 2.75) is 56.6 Å². The molecule has 3 rings (SSSR count). The molecule has 0 amide bonds. The number of aliphatic hydroxyl groups excluding tert-OH is 4. The number of esters is 1. The van der Waals surface area contributed by atoms with Gasteiger partial charge in [0.05, 0.1) is 18.8 Å². The van der Waals surface area contributed by atoms with Gasteiger partial charge in [-0.3, -0.25) is 0 Å². The molecular weight excluding hydrogens is 364 g/mol. The SMILES string of the molecule is CC=C1C2=C(C(=O)OCC2)C(OC)OC1OC1OC(CO)C(O)C(O)C1O. The molecule has 0 aromatic carbocycles. The van der Waals surface area contributed by atoms with E-state index in [4.69, 9.17) is 23.7 Å². The van der Waals surface area contributed by atoms with Gasteiger partial charge in [0.15, 0.2) is 18.9 Å². The van der Waals surface area contributed by atoms with Gasteiger partial charge in [0.1, 0.15) is 24.4 Å².